The third kappa shape index (κ3) is 4.01. The molecule has 1 aromatic carbocycles. The lowest BCUT2D eigenvalue weighted by atomic mass is 10.1. The number of halogens is 1. The number of amides is 2. The molecule has 130 valence electrons. The van der Waals surface area contributed by atoms with Gasteiger partial charge in [-0.25, -0.2) is 9.18 Å². The second-order valence-corrected chi connectivity index (χ2v) is 5.48. The normalized spacial score (nSPS) is 19.8. The van der Waals surface area contributed by atoms with Crippen molar-refractivity contribution in [3.63, 3.8) is 0 Å². The van der Waals surface area contributed by atoms with Crippen LogP contribution in [-0.4, -0.2) is 59.7 Å². The lowest BCUT2D eigenvalue weighted by Gasteiger charge is -2.18. The van der Waals surface area contributed by atoms with Crippen LogP contribution in [0.4, 0.5) is 4.39 Å². The van der Waals surface area contributed by atoms with E-state index < -0.39 is 30.0 Å². The van der Waals surface area contributed by atoms with Gasteiger partial charge in [-0.3, -0.25) is 9.59 Å². The van der Waals surface area contributed by atoms with Gasteiger partial charge in [0.15, 0.2) is 0 Å². The molecule has 1 aliphatic heterocycles. The minimum Gasteiger partial charge on any atom is -0.494 e. The highest BCUT2D eigenvalue weighted by Crippen LogP contribution is 2.25. The topological polar surface area (TPSA) is 95.9 Å². The van der Waals surface area contributed by atoms with E-state index in [-0.39, 0.29) is 19.5 Å². The Kier molecular flexibility index (Phi) is 5.38. The van der Waals surface area contributed by atoms with Crippen LogP contribution in [0, 0.1) is 0 Å². The molecule has 0 saturated carbocycles. The predicted molar refractivity (Wildman–Crippen MR) is 82.6 cm³/mol. The van der Waals surface area contributed by atoms with E-state index in [1.807, 2.05) is 6.92 Å². The first kappa shape index (κ1) is 17.7. The SMILES string of the molecule is CCOc1ccc(C(=O)NCC(=O)N2CCC(F)(C(=O)O)C2)cc1. The van der Waals surface area contributed by atoms with Gasteiger partial charge in [0.1, 0.15) is 5.75 Å². The fourth-order valence-electron chi connectivity index (χ4n) is 2.40. The minimum atomic E-state index is -2.41. The van der Waals surface area contributed by atoms with Gasteiger partial charge < -0.3 is 20.1 Å². The summed E-state index contributed by atoms with van der Waals surface area (Å²) in [7, 11) is 0. The number of likely N-dealkylation sites (tertiary alicyclic amines) is 1. The molecule has 0 spiro atoms. The van der Waals surface area contributed by atoms with Crippen molar-refractivity contribution in [2.45, 2.75) is 19.0 Å². The molecule has 0 bridgehead atoms. The van der Waals surface area contributed by atoms with Crippen molar-refractivity contribution in [3.05, 3.63) is 29.8 Å². The third-order valence-electron chi connectivity index (χ3n) is 3.78. The standard InChI is InChI=1S/C16H19FN2O5/c1-2-24-12-5-3-11(4-6-12)14(21)18-9-13(20)19-8-7-16(17,10-19)15(22)23/h3-6H,2,7-10H2,1H3,(H,18,21)(H,22,23). The number of nitrogens with zero attached hydrogens (tertiary/aromatic N) is 1. The minimum absolute atomic E-state index is 0.0144. The van der Waals surface area contributed by atoms with E-state index in [1.165, 1.54) is 0 Å². The van der Waals surface area contributed by atoms with Crippen LogP contribution in [0.2, 0.25) is 0 Å². The van der Waals surface area contributed by atoms with Gasteiger partial charge in [0, 0.05) is 18.5 Å². The maximum Gasteiger partial charge on any atom is 0.343 e. The number of carboxylic acid groups (broad SMARTS) is 1. The number of aliphatic carboxylic acids is 1. The molecule has 8 heteroatoms. The maximum atomic E-state index is 13.9. The van der Waals surface area contributed by atoms with Crippen LogP contribution in [0.5, 0.6) is 5.75 Å². The molecule has 1 aliphatic rings. The van der Waals surface area contributed by atoms with Gasteiger partial charge in [0.25, 0.3) is 5.91 Å². The number of carboxylic acids is 1. The summed E-state index contributed by atoms with van der Waals surface area (Å²) >= 11 is 0. The van der Waals surface area contributed by atoms with Crippen LogP contribution in [-0.2, 0) is 9.59 Å². The zero-order valence-corrected chi connectivity index (χ0v) is 13.3. The molecule has 0 aliphatic carbocycles. The van der Waals surface area contributed by atoms with Gasteiger partial charge in [-0.2, -0.15) is 0 Å². The summed E-state index contributed by atoms with van der Waals surface area (Å²) in [6.07, 6.45) is -0.249. The van der Waals surface area contributed by atoms with Crippen LogP contribution >= 0.6 is 0 Å². The number of ether oxygens (including phenoxy) is 1. The molecular weight excluding hydrogens is 319 g/mol. The van der Waals surface area contributed by atoms with Crippen LogP contribution in [0.25, 0.3) is 0 Å². The van der Waals surface area contributed by atoms with E-state index in [4.69, 9.17) is 9.84 Å². The molecule has 2 amide bonds. The van der Waals surface area contributed by atoms with E-state index >= 15 is 0 Å². The largest absolute Gasteiger partial charge is 0.494 e. The number of hydrogen-bond donors (Lipinski definition) is 2. The van der Waals surface area contributed by atoms with Gasteiger partial charge in [-0.15, -0.1) is 0 Å². The molecule has 24 heavy (non-hydrogen) atoms. The molecule has 7 nitrogen and oxygen atoms in total. The average Bonchev–Trinajstić information content (AvgIpc) is 2.97. The molecule has 2 rings (SSSR count). The summed E-state index contributed by atoms with van der Waals surface area (Å²) in [5.41, 5.74) is -2.05. The van der Waals surface area contributed by atoms with Crippen molar-refractivity contribution in [2.75, 3.05) is 26.2 Å². The fraction of sp³-hybridized carbons (Fsp3) is 0.438. The van der Waals surface area contributed by atoms with Crippen molar-refractivity contribution in [2.24, 2.45) is 0 Å². The Morgan fingerprint density at radius 2 is 2.00 bits per heavy atom. The molecule has 1 heterocycles. The monoisotopic (exact) mass is 338 g/mol. The highest BCUT2D eigenvalue weighted by Gasteiger charge is 2.46. The predicted octanol–water partition coefficient (Wildman–Crippen LogP) is 0.840. The number of hydrogen-bond acceptors (Lipinski definition) is 4. The third-order valence-corrected chi connectivity index (χ3v) is 3.78. The number of alkyl halides is 1. The zero-order chi connectivity index (χ0) is 17.7. The van der Waals surface area contributed by atoms with Crippen LogP contribution in [0.3, 0.4) is 0 Å². The Bertz CT molecular complexity index is 634. The molecule has 1 aromatic rings. The quantitative estimate of drug-likeness (QED) is 0.801. The molecule has 1 fully saturated rings. The Balaban J connectivity index is 1.85. The second kappa shape index (κ2) is 7.29. The van der Waals surface area contributed by atoms with E-state index in [0.29, 0.717) is 17.9 Å². The number of carbonyl (C=O) groups excluding carboxylic acids is 2. The highest BCUT2D eigenvalue weighted by molar-refractivity contribution is 5.96. The average molecular weight is 338 g/mol. The van der Waals surface area contributed by atoms with Crippen molar-refractivity contribution in [3.8, 4) is 5.75 Å². The Labute approximate surface area is 138 Å². The summed E-state index contributed by atoms with van der Waals surface area (Å²) in [5.74, 6) is -1.91. The summed E-state index contributed by atoms with van der Waals surface area (Å²) in [6.45, 7) is 1.56. The molecular formula is C16H19FN2O5. The van der Waals surface area contributed by atoms with Crippen LogP contribution < -0.4 is 10.1 Å². The first-order valence-corrected chi connectivity index (χ1v) is 7.57. The fourth-order valence-corrected chi connectivity index (χ4v) is 2.40. The highest BCUT2D eigenvalue weighted by atomic mass is 19.1. The first-order valence-electron chi connectivity index (χ1n) is 7.57. The van der Waals surface area contributed by atoms with E-state index in [1.54, 1.807) is 24.3 Å². The maximum absolute atomic E-state index is 13.9. The Morgan fingerprint density at radius 1 is 1.33 bits per heavy atom. The van der Waals surface area contributed by atoms with Gasteiger partial charge >= 0.3 is 5.97 Å². The Hall–Kier alpha value is -2.64. The van der Waals surface area contributed by atoms with Gasteiger partial charge in [0.2, 0.25) is 11.6 Å². The Morgan fingerprint density at radius 3 is 2.54 bits per heavy atom. The molecule has 1 atom stereocenters. The lowest BCUT2D eigenvalue weighted by Crippen LogP contribution is -2.42. The van der Waals surface area contributed by atoms with Crippen LogP contribution in [0.15, 0.2) is 24.3 Å². The van der Waals surface area contributed by atoms with Crippen molar-refractivity contribution in [1.82, 2.24) is 10.2 Å². The van der Waals surface area contributed by atoms with Gasteiger partial charge in [0.05, 0.1) is 19.7 Å². The number of benzene rings is 1. The van der Waals surface area contributed by atoms with Gasteiger partial charge in [-0.1, -0.05) is 0 Å². The van der Waals surface area contributed by atoms with Crippen molar-refractivity contribution in [1.29, 1.82) is 0 Å². The van der Waals surface area contributed by atoms with Crippen molar-refractivity contribution < 1.29 is 28.6 Å². The zero-order valence-electron chi connectivity index (χ0n) is 13.3. The van der Waals surface area contributed by atoms with Gasteiger partial charge in [-0.05, 0) is 31.2 Å². The first-order chi connectivity index (χ1) is 11.4. The molecule has 1 saturated heterocycles. The van der Waals surface area contributed by atoms with E-state index in [0.717, 1.165) is 4.90 Å². The summed E-state index contributed by atoms with van der Waals surface area (Å²) < 4.78 is 19.2. The molecule has 0 aromatic heterocycles. The van der Waals surface area contributed by atoms with Crippen LogP contribution in [0.1, 0.15) is 23.7 Å². The second-order valence-electron chi connectivity index (χ2n) is 5.48. The number of nitrogens with one attached hydrogen (secondary N) is 1. The van der Waals surface area contributed by atoms with Crippen molar-refractivity contribution >= 4 is 17.8 Å². The lowest BCUT2D eigenvalue weighted by molar-refractivity contribution is -0.150. The molecule has 0 radical (unpaired) electrons. The summed E-state index contributed by atoms with van der Waals surface area (Å²) in [5, 5.41) is 11.2. The molecule has 2 N–H and O–H groups in total. The summed E-state index contributed by atoms with van der Waals surface area (Å²) in [4.78, 5) is 35.9. The molecule has 1 unspecified atom stereocenters. The number of carbonyl (C=O) groups is 3. The van der Waals surface area contributed by atoms with E-state index in [9.17, 15) is 18.8 Å². The smallest absolute Gasteiger partial charge is 0.343 e. The van der Waals surface area contributed by atoms with E-state index in [2.05, 4.69) is 5.32 Å². The summed E-state index contributed by atoms with van der Waals surface area (Å²) in [6, 6.07) is 6.42. The number of rotatable bonds is 6.